The molecule has 3 rings (SSSR count). The third-order valence-electron chi connectivity index (χ3n) is 4.64. The number of nitrogens with one attached hydrogen (secondary N) is 1. The molecule has 0 spiro atoms. The molecule has 1 atom stereocenters. The first-order valence-electron chi connectivity index (χ1n) is 9.05. The van der Waals surface area contributed by atoms with Gasteiger partial charge in [0, 0.05) is 43.9 Å². The van der Waals surface area contributed by atoms with Gasteiger partial charge in [-0.25, -0.2) is 0 Å². The van der Waals surface area contributed by atoms with Crippen LogP contribution >= 0.6 is 0 Å². The van der Waals surface area contributed by atoms with Crippen LogP contribution in [0.1, 0.15) is 36.9 Å². The van der Waals surface area contributed by atoms with Crippen LogP contribution in [0.4, 0.5) is 0 Å². The van der Waals surface area contributed by atoms with E-state index in [0.717, 1.165) is 17.8 Å². The number of rotatable bonds is 7. The van der Waals surface area contributed by atoms with Gasteiger partial charge < -0.3 is 14.7 Å². The molecular formula is C19H24N4O3. The van der Waals surface area contributed by atoms with E-state index in [1.165, 1.54) is 0 Å². The van der Waals surface area contributed by atoms with Gasteiger partial charge in [-0.2, -0.15) is 0 Å². The van der Waals surface area contributed by atoms with Crippen molar-refractivity contribution >= 4 is 11.8 Å². The Morgan fingerprint density at radius 3 is 3.00 bits per heavy atom. The Morgan fingerprint density at radius 1 is 1.38 bits per heavy atom. The summed E-state index contributed by atoms with van der Waals surface area (Å²) in [4.78, 5) is 30.7. The van der Waals surface area contributed by atoms with Crippen molar-refractivity contribution < 1.29 is 14.1 Å². The van der Waals surface area contributed by atoms with Gasteiger partial charge in [0.25, 0.3) is 0 Å². The normalized spacial score (nSPS) is 17.3. The van der Waals surface area contributed by atoms with Crippen LogP contribution in [-0.4, -0.2) is 39.9 Å². The van der Waals surface area contributed by atoms with Gasteiger partial charge in [0.05, 0.1) is 18.2 Å². The van der Waals surface area contributed by atoms with Crippen molar-refractivity contribution in [1.82, 2.24) is 20.4 Å². The highest BCUT2D eigenvalue weighted by molar-refractivity contribution is 5.83. The summed E-state index contributed by atoms with van der Waals surface area (Å²) in [5.41, 5.74) is 1.82. The highest BCUT2D eigenvalue weighted by Gasteiger charge is 2.30. The summed E-state index contributed by atoms with van der Waals surface area (Å²) in [5, 5.41) is 6.81. The number of amides is 2. The third kappa shape index (κ3) is 4.68. The molecule has 1 aliphatic heterocycles. The van der Waals surface area contributed by atoms with Crippen molar-refractivity contribution in [3.63, 3.8) is 0 Å². The van der Waals surface area contributed by atoms with Gasteiger partial charge in [-0.05, 0) is 25.0 Å². The molecule has 26 heavy (non-hydrogen) atoms. The standard InChI is InChI=1S/C19H24N4O3/c1-2-15-11-17(26-22-15)12-21-19(25)14-6-7-18(24)23(13-14)10-8-16-5-3-4-9-20-16/h3-5,9,11,14H,2,6-8,10,12-13H2,1H3,(H,21,25)/t14-/m0/s1. The Morgan fingerprint density at radius 2 is 2.27 bits per heavy atom. The summed E-state index contributed by atoms with van der Waals surface area (Å²) < 4.78 is 5.18. The maximum Gasteiger partial charge on any atom is 0.225 e. The molecule has 2 amide bonds. The van der Waals surface area contributed by atoms with Crippen molar-refractivity contribution in [2.45, 2.75) is 39.2 Å². The summed E-state index contributed by atoms with van der Waals surface area (Å²) in [6.45, 7) is 3.36. The highest BCUT2D eigenvalue weighted by Crippen LogP contribution is 2.18. The molecule has 0 bridgehead atoms. The fraction of sp³-hybridized carbons (Fsp3) is 0.474. The number of likely N-dealkylation sites (tertiary alicyclic amines) is 1. The van der Waals surface area contributed by atoms with Crippen molar-refractivity contribution in [3.05, 3.63) is 47.6 Å². The number of aromatic nitrogens is 2. The summed E-state index contributed by atoms with van der Waals surface area (Å²) in [7, 11) is 0. The summed E-state index contributed by atoms with van der Waals surface area (Å²) in [6.07, 6.45) is 4.23. The van der Waals surface area contributed by atoms with E-state index in [1.807, 2.05) is 31.2 Å². The smallest absolute Gasteiger partial charge is 0.225 e. The zero-order valence-corrected chi connectivity index (χ0v) is 15.0. The van der Waals surface area contributed by atoms with E-state index in [1.54, 1.807) is 11.1 Å². The van der Waals surface area contributed by atoms with Gasteiger partial charge in [0.15, 0.2) is 5.76 Å². The number of hydrogen-bond acceptors (Lipinski definition) is 5. The Hall–Kier alpha value is -2.70. The predicted molar refractivity (Wildman–Crippen MR) is 95.0 cm³/mol. The first kappa shape index (κ1) is 18.1. The number of carbonyl (C=O) groups is 2. The maximum atomic E-state index is 12.5. The van der Waals surface area contributed by atoms with Gasteiger partial charge in [-0.15, -0.1) is 0 Å². The third-order valence-corrected chi connectivity index (χ3v) is 4.64. The van der Waals surface area contributed by atoms with E-state index in [4.69, 9.17) is 4.52 Å². The van der Waals surface area contributed by atoms with Crippen molar-refractivity contribution in [2.75, 3.05) is 13.1 Å². The molecule has 0 radical (unpaired) electrons. The number of aryl methyl sites for hydroxylation is 1. The average Bonchev–Trinajstić information content (AvgIpc) is 3.14. The fourth-order valence-corrected chi connectivity index (χ4v) is 3.06. The molecule has 0 aliphatic carbocycles. The van der Waals surface area contributed by atoms with Gasteiger partial charge in [-0.1, -0.05) is 18.1 Å². The molecular weight excluding hydrogens is 332 g/mol. The first-order valence-corrected chi connectivity index (χ1v) is 9.05. The minimum Gasteiger partial charge on any atom is -0.359 e. The van der Waals surface area contributed by atoms with E-state index < -0.39 is 0 Å². The summed E-state index contributed by atoms with van der Waals surface area (Å²) in [5.74, 6) is 0.515. The molecule has 1 aliphatic rings. The molecule has 0 unspecified atom stereocenters. The molecule has 138 valence electrons. The van der Waals surface area contributed by atoms with Crippen molar-refractivity contribution in [3.8, 4) is 0 Å². The number of nitrogens with zero attached hydrogens (tertiary/aromatic N) is 3. The van der Waals surface area contributed by atoms with E-state index in [0.29, 0.717) is 44.7 Å². The van der Waals surface area contributed by atoms with Crippen molar-refractivity contribution in [2.24, 2.45) is 5.92 Å². The number of pyridine rings is 1. The molecule has 2 aromatic heterocycles. The second kappa shape index (κ2) is 8.60. The zero-order chi connectivity index (χ0) is 18.4. The van der Waals surface area contributed by atoms with Gasteiger partial charge in [0.2, 0.25) is 11.8 Å². The quantitative estimate of drug-likeness (QED) is 0.816. The molecule has 7 heteroatoms. The number of hydrogen-bond donors (Lipinski definition) is 1. The Kier molecular flexibility index (Phi) is 5.99. The van der Waals surface area contributed by atoms with Crippen LogP contribution in [-0.2, 0) is 29.0 Å². The van der Waals surface area contributed by atoms with Crippen LogP contribution < -0.4 is 5.32 Å². The number of carbonyl (C=O) groups excluding carboxylic acids is 2. The van der Waals surface area contributed by atoms with Gasteiger partial charge >= 0.3 is 0 Å². The van der Waals surface area contributed by atoms with Crippen LogP contribution in [0, 0.1) is 5.92 Å². The monoisotopic (exact) mass is 356 g/mol. The molecule has 1 fully saturated rings. The molecule has 2 aromatic rings. The first-order chi connectivity index (χ1) is 12.7. The van der Waals surface area contributed by atoms with Crippen LogP contribution in [0.25, 0.3) is 0 Å². The SMILES string of the molecule is CCc1cc(CNC(=O)[C@H]2CCC(=O)N(CCc3ccccn3)C2)on1. The predicted octanol–water partition coefficient (Wildman–Crippen LogP) is 1.73. The maximum absolute atomic E-state index is 12.5. The average molecular weight is 356 g/mol. The van der Waals surface area contributed by atoms with Crippen molar-refractivity contribution in [1.29, 1.82) is 0 Å². The molecule has 1 saturated heterocycles. The lowest BCUT2D eigenvalue weighted by molar-refractivity contribution is -0.138. The van der Waals surface area contributed by atoms with E-state index >= 15 is 0 Å². The molecule has 0 aromatic carbocycles. The molecule has 1 N–H and O–H groups in total. The van der Waals surface area contributed by atoms with Crippen LogP contribution in [0.15, 0.2) is 35.0 Å². The van der Waals surface area contributed by atoms with Crippen LogP contribution in [0.2, 0.25) is 0 Å². The van der Waals surface area contributed by atoms with Gasteiger partial charge in [0.1, 0.15) is 0 Å². The van der Waals surface area contributed by atoms with E-state index in [9.17, 15) is 9.59 Å². The zero-order valence-electron chi connectivity index (χ0n) is 15.0. The Bertz CT molecular complexity index is 744. The van der Waals surface area contributed by atoms with Gasteiger partial charge in [-0.3, -0.25) is 14.6 Å². The second-order valence-electron chi connectivity index (χ2n) is 6.50. The van der Waals surface area contributed by atoms with Crippen LogP contribution in [0.5, 0.6) is 0 Å². The molecule has 3 heterocycles. The minimum absolute atomic E-state index is 0.0465. The lowest BCUT2D eigenvalue weighted by atomic mass is 9.96. The largest absolute Gasteiger partial charge is 0.359 e. The topological polar surface area (TPSA) is 88.3 Å². The van der Waals surface area contributed by atoms with Crippen LogP contribution in [0.3, 0.4) is 0 Å². The lowest BCUT2D eigenvalue weighted by Gasteiger charge is -2.31. The minimum atomic E-state index is -0.190. The second-order valence-corrected chi connectivity index (χ2v) is 6.50. The Labute approximate surface area is 152 Å². The number of piperidine rings is 1. The Balaban J connectivity index is 1.49. The lowest BCUT2D eigenvalue weighted by Crippen LogP contribution is -2.46. The highest BCUT2D eigenvalue weighted by atomic mass is 16.5. The summed E-state index contributed by atoms with van der Waals surface area (Å²) >= 11 is 0. The fourth-order valence-electron chi connectivity index (χ4n) is 3.06. The molecule has 0 saturated carbocycles. The summed E-state index contributed by atoms with van der Waals surface area (Å²) in [6, 6.07) is 7.60. The molecule has 7 nitrogen and oxygen atoms in total. The van der Waals surface area contributed by atoms with E-state index in [-0.39, 0.29) is 17.7 Å². The van der Waals surface area contributed by atoms with E-state index in [2.05, 4.69) is 15.5 Å².